The third-order valence-corrected chi connectivity index (χ3v) is 23.4. The number of carbonyl (C=O) groups is 3. The molecule has 0 unspecified atom stereocenters. The zero-order valence-corrected chi connectivity index (χ0v) is 73.4. The number of para-hydroxylation sites is 1. The number of alkyl halides is 3. The SMILES string of the molecule is C=CC(=O)OCCOc1ccccc1.CCN(CC)c1ccc2c(c1)Oc1cc(N(CC)CC)ccc1N2C(=O)c1ccccc1.CCN(CC)c1ccc2c(c1)Oc1cc(N(CC)CC)ccc1N2C(C)=O.Cc1ccc([S+](c2ccccc2)c2ccccc2)cc1.F[P-](F)(F)(F)(F)F.O=S(=O)([O-])C(F)(F)F.c1ccc([I+]c2ccccc2)cc1. The Balaban J connectivity index is 0.000000206. The molecule has 2 aliphatic heterocycles. The van der Waals surface area contributed by atoms with Crippen molar-refractivity contribution in [1.82, 2.24) is 0 Å². The summed E-state index contributed by atoms with van der Waals surface area (Å²) in [6.07, 6.45) is 1.13. The first-order valence-electron chi connectivity index (χ1n) is 38.8. The maximum absolute atomic E-state index is 13.6. The average Bonchev–Trinajstić information content (AvgIpc) is 0.741. The molecule has 0 aliphatic carbocycles. The van der Waals surface area contributed by atoms with E-state index in [-0.39, 0.29) is 50.5 Å². The molecule has 121 heavy (non-hydrogen) atoms. The molecule has 11 aromatic rings. The van der Waals surface area contributed by atoms with Crippen molar-refractivity contribution in [3.05, 3.63) is 310 Å². The second-order valence-corrected chi connectivity index (χ2v) is 34.5. The Morgan fingerprint density at radius 2 is 0.744 bits per heavy atom. The van der Waals surface area contributed by atoms with E-state index >= 15 is 0 Å². The van der Waals surface area contributed by atoms with E-state index in [2.05, 4.69) is 258 Å². The topological polar surface area (TPSA) is 165 Å². The number of hydrogen-bond acceptors (Lipinski definition) is 14. The number of rotatable bonds is 23. The predicted octanol–water partition coefficient (Wildman–Crippen LogP) is 21.8. The predicted molar refractivity (Wildman–Crippen MR) is 465 cm³/mol. The van der Waals surface area contributed by atoms with Crippen molar-refractivity contribution in [3.8, 4) is 28.7 Å². The molecule has 2 amide bonds. The summed E-state index contributed by atoms with van der Waals surface area (Å²) >= 11 is 0.0287. The maximum Gasteiger partial charge on any atom is 0.485 e. The van der Waals surface area contributed by atoms with E-state index in [1.54, 1.807) is 16.7 Å². The average molecular weight is 1840 g/mol. The molecular formula is C92H99F9IN6O10PS2. The number of hydrogen-bond donors (Lipinski definition) is 0. The maximum atomic E-state index is 13.6. The van der Waals surface area contributed by atoms with Gasteiger partial charge in [0.25, 0.3) is 5.91 Å². The van der Waals surface area contributed by atoms with Crippen molar-refractivity contribution in [2.45, 2.75) is 89.4 Å². The number of esters is 1. The van der Waals surface area contributed by atoms with Gasteiger partial charge in [0.05, 0.1) is 33.6 Å². The Bertz CT molecular complexity index is 5010. The van der Waals surface area contributed by atoms with Crippen LogP contribution in [-0.2, 0) is 35.3 Å². The van der Waals surface area contributed by atoms with Crippen LogP contribution in [0.25, 0.3) is 0 Å². The van der Waals surface area contributed by atoms with Gasteiger partial charge in [-0.2, -0.15) is 13.2 Å². The second-order valence-electron chi connectivity index (χ2n) is 26.2. The summed E-state index contributed by atoms with van der Waals surface area (Å²) in [5.74, 6) is 3.08. The fraction of sp³-hybridized carbons (Fsp3) is 0.228. The Kier molecular flexibility index (Phi) is 36.1. The van der Waals surface area contributed by atoms with Gasteiger partial charge in [0, 0.05) is 118 Å². The molecule has 0 saturated carbocycles. The van der Waals surface area contributed by atoms with Crippen LogP contribution < -0.4 is 64.8 Å². The standard InChI is InChI=1S/C27H31N3O2.C22H29N3O2.C19H17S.C12H10I.C11H12O3.CHF3O3S.F6P/c1-5-28(6-2)21-14-16-23-25(18-21)32-26-19-22(29(7-3)8-4)15-17-24(26)30(23)27(31)20-12-10-9-11-13-20;1-6-23(7-2)17-10-12-19-21(14-17)27-22-15-18(24(8-3)9-4)11-13-20(22)25(19)16(5)26;1-16-12-14-19(15-13-16)20(17-8-4-2-5-9-17)18-10-6-3-7-11-18;1-3-7-11(8-4-1)13-12-9-5-2-6-10-12;1-2-11(12)14-9-8-13-10-6-4-3-5-7-10;2-1(3,4)8(5,6)7;1-7(2,3,4,5)6/h9-19H,5-8H2,1-4H3;10-15H,6-9H2,1-5H3;2-15H,1H3;1-10H;2-7H,1,8-9H2;(H,5,6,7);/q;;2*+1;;;-1/p-1. The number of aryl methyl sites for hydroxylation is 1. The van der Waals surface area contributed by atoms with E-state index in [1.807, 2.05) is 109 Å². The van der Waals surface area contributed by atoms with Crippen molar-refractivity contribution in [1.29, 1.82) is 0 Å². The van der Waals surface area contributed by atoms with Crippen molar-refractivity contribution in [3.63, 3.8) is 0 Å². The van der Waals surface area contributed by atoms with Crippen LogP contribution in [0.4, 0.5) is 83.9 Å². The van der Waals surface area contributed by atoms with E-state index in [9.17, 15) is 52.7 Å². The van der Waals surface area contributed by atoms with Gasteiger partial charge in [-0.15, -0.1) is 0 Å². The van der Waals surface area contributed by atoms with Gasteiger partial charge in [0.2, 0.25) is 5.91 Å². The molecule has 16 nitrogen and oxygen atoms in total. The molecule has 0 atom stereocenters. The van der Waals surface area contributed by atoms with Crippen LogP contribution in [0.1, 0.15) is 78.2 Å². The van der Waals surface area contributed by atoms with Crippen LogP contribution in [0.3, 0.4) is 0 Å². The van der Waals surface area contributed by atoms with Gasteiger partial charge in [-0.1, -0.05) is 133 Å². The minimum absolute atomic E-state index is 0.0213. The molecule has 0 N–H and O–H groups in total. The summed E-state index contributed by atoms with van der Waals surface area (Å²) < 4.78 is 144. The van der Waals surface area contributed by atoms with E-state index in [0.29, 0.717) is 23.7 Å². The first-order valence-corrected chi connectivity index (χ1v) is 45.6. The molecule has 11 aromatic carbocycles. The van der Waals surface area contributed by atoms with Crippen molar-refractivity contribution < 1.29 is 106 Å². The molecule has 0 bridgehead atoms. The minimum Gasteiger partial charge on any atom is -0.741 e. The molecule has 0 saturated heterocycles. The number of benzene rings is 11. The van der Waals surface area contributed by atoms with Gasteiger partial charge in [-0.05, 0) is 196 Å². The summed E-state index contributed by atoms with van der Waals surface area (Å²) in [6, 6.07) is 94.9. The van der Waals surface area contributed by atoms with Gasteiger partial charge in [-0.25, -0.2) is 13.2 Å². The Hall–Kier alpha value is -11.0. The van der Waals surface area contributed by atoms with Crippen LogP contribution >= 0.6 is 7.81 Å². The Morgan fingerprint density at radius 3 is 1.04 bits per heavy atom. The van der Waals surface area contributed by atoms with E-state index in [4.69, 9.17) is 31.9 Å². The van der Waals surface area contributed by atoms with Crippen molar-refractivity contribution in [2.24, 2.45) is 0 Å². The largest absolute Gasteiger partial charge is 0.741 e. The zero-order chi connectivity index (χ0) is 88.6. The monoisotopic (exact) mass is 1840 g/mol. The van der Waals surface area contributed by atoms with E-state index < -0.39 is 29.4 Å². The smallest absolute Gasteiger partial charge is 0.485 e. The molecule has 0 radical (unpaired) electrons. The molecule has 644 valence electrons. The number of ether oxygens (including phenoxy) is 4. The molecule has 2 heterocycles. The van der Waals surface area contributed by atoms with Crippen LogP contribution in [-0.4, -0.2) is 102 Å². The number of amides is 2. The van der Waals surface area contributed by atoms with Crippen molar-refractivity contribution in [2.75, 3.05) is 95.0 Å². The second kappa shape index (κ2) is 45.0. The number of fused-ring (bicyclic) bond motifs is 4. The summed E-state index contributed by atoms with van der Waals surface area (Å²) in [5, 5.41) is 0. The van der Waals surface area contributed by atoms with Crippen LogP contribution in [0.5, 0.6) is 28.7 Å². The molecular weight excluding hydrogens is 1740 g/mol. The first kappa shape index (κ1) is 97.1. The summed E-state index contributed by atoms with van der Waals surface area (Å²) in [7, 11) is -16.8. The van der Waals surface area contributed by atoms with Crippen LogP contribution in [0.2, 0.25) is 0 Å². The fourth-order valence-corrected chi connectivity index (χ4v) is 16.5. The normalized spacial score (nSPS) is 12.0. The molecule has 0 aromatic heterocycles. The number of nitrogens with zero attached hydrogens (tertiary/aromatic N) is 6. The minimum atomic E-state index is -10.7. The zero-order valence-electron chi connectivity index (χ0n) is 68.7. The summed E-state index contributed by atoms with van der Waals surface area (Å²) in [6.45, 7) is 32.0. The first-order chi connectivity index (χ1) is 57.5. The summed E-state index contributed by atoms with van der Waals surface area (Å²) in [5.41, 5.74) is 3.79. The van der Waals surface area contributed by atoms with Gasteiger partial charge < -0.3 is 43.1 Å². The summed E-state index contributed by atoms with van der Waals surface area (Å²) in [4.78, 5) is 53.4. The van der Waals surface area contributed by atoms with E-state index in [1.165, 1.54) is 27.4 Å². The molecule has 0 fully saturated rings. The fourth-order valence-electron chi connectivity index (χ4n) is 12.1. The third-order valence-electron chi connectivity index (χ3n) is 17.9. The number of carbonyl (C=O) groups excluding carboxylic acids is 3. The van der Waals surface area contributed by atoms with Crippen LogP contribution in [0, 0.1) is 14.1 Å². The molecule has 29 heteroatoms. The quantitative estimate of drug-likeness (QED) is 0.00683. The Morgan fingerprint density at radius 1 is 0.455 bits per heavy atom. The Labute approximate surface area is 716 Å². The molecule has 0 spiro atoms. The van der Waals surface area contributed by atoms with Crippen LogP contribution in [0.15, 0.2) is 306 Å². The number of halogens is 10. The van der Waals surface area contributed by atoms with Gasteiger partial charge in [0.1, 0.15) is 19.0 Å². The van der Waals surface area contributed by atoms with Crippen molar-refractivity contribution >= 4 is 92.1 Å². The molecule has 2 aliphatic rings. The molecule has 13 rings (SSSR count). The van der Waals surface area contributed by atoms with Gasteiger partial charge >= 0.3 is 65.7 Å². The van der Waals surface area contributed by atoms with E-state index in [0.717, 1.165) is 121 Å². The van der Waals surface area contributed by atoms with Gasteiger partial charge in [-0.3, -0.25) is 19.4 Å². The van der Waals surface area contributed by atoms with Gasteiger partial charge in [0.15, 0.2) is 54.9 Å². The number of anilines is 8. The third kappa shape index (κ3) is 30.9.